The van der Waals surface area contributed by atoms with Gasteiger partial charge in [0.1, 0.15) is 5.56 Å². The smallest absolute Gasteiger partial charge is 0.342 e. The van der Waals surface area contributed by atoms with Crippen molar-refractivity contribution in [2.24, 2.45) is 0 Å². The minimum absolute atomic E-state index is 0.288. The van der Waals surface area contributed by atoms with Crippen molar-refractivity contribution < 1.29 is 33.5 Å². The third kappa shape index (κ3) is 5.26. The second kappa shape index (κ2) is 6.42. The molecule has 0 aliphatic carbocycles. The highest BCUT2D eigenvalue weighted by atomic mass is 32.2. The molecule has 0 radical (unpaired) electrons. The standard InChI is InChI=1S/C8H7NO6S.HNO3/c1-16(14,15)5-2-3-6(8(10)11)7(4-5)9(12)13;2-1(3)4/h2-4H,1H3,(H,10,11);(H,2,3,4). The molecule has 0 aliphatic rings. The Bertz CT molecular complexity index is 648. The van der Waals surface area contributed by atoms with Gasteiger partial charge in [-0.1, -0.05) is 0 Å². The van der Waals surface area contributed by atoms with E-state index in [-0.39, 0.29) is 4.90 Å². The first-order valence-electron chi connectivity index (χ1n) is 4.52. The van der Waals surface area contributed by atoms with Gasteiger partial charge in [-0.3, -0.25) is 10.1 Å². The lowest BCUT2D eigenvalue weighted by Crippen LogP contribution is -2.05. The van der Waals surface area contributed by atoms with E-state index in [1.165, 1.54) is 0 Å². The largest absolute Gasteiger partial charge is 0.477 e. The molecule has 0 aliphatic heterocycles. The van der Waals surface area contributed by atoms with Crippen LogP contribution >= 0.6 is 0 Å². The van der Waals surface area contributed by atoms with Gasteiger partial charge >= 0.3 is 5.97 Å². The van der Waals surface area contributed by atoms with Gasteiger partial charge in [0, 0.05) is 12.3 Å². The molecule has 0 bridgehead atoms. The van der Waals surface area contributed by atoms with E-state index in [2.05, 4.69) is 0 Å². The summed E-state index contributed by atoms with van der Waals surface area (Å²) in [6.45, 7) is 0. The summed E-state index contributed by atoms with van der Waals surface area (Å²) in [7, 11) is -3.60. The number of aromatic carboxylic acids is 1. The number of nitro benzene ring substituents is 1. The summed E-state index contributed by atoms with van der Waals surface area (Å²) in [5.41, 5.74) is -1.28. The van der Waals surface area contributed by atoms with Crippen LogP contribution in [0.2, 0.25) is 0 Å². The lowest BCUT2D eigenvalue weighted by atomic mass is 10.2. The zero-order valence-electron chi connectivity index (χ0n) is 9.79. The van der Waals surface area contributed by atoms with Crippen LogP contribution in [0.3, 0.4) is 0 Å². The first-order valence-corrected chi connectivity index (χ1v) is 6.41. The summed E-state index contributed by atoms with van der Waals surface area (Å²) < 4.78 is 22.2. The average Bonchev–Trinajstić information content (AvgIpc) is 2.25. The van der Waals surface area contributed by atoms with E-state index in [1.807, 2.05) is 0 Å². The van der Waals surface area contributed by atoms with Gasteiger partial charge in [0.2, 0.25) is 0 Å². The highest BCUT2D eigenvalue weighted by Gasteiger charge is 2.22. The molecule has 110 valence electrons. The number of rotatable bonds is 3. The minimum atomic E-state index is -3.60. The van der Waals surface area contributed by atoms with Crippen LogP contribution in [-0.2, 0) is 9.84 Å². The molecular formula is C8H8N2O9S. The van der Waals surface area contributed by atoms with E-state index in [1.54, 1.807) is 0 Å². The molecule has 12 heteroatoms. The van der Waals surface area contributed by atoms with Gasteiger partial charge in [-0.05, 0) is 12.1 Å². The summed E-state index contributed by atoms with van der Waals surface area (Å²) in [5.74, 6) is -1.48. The van der Waals surface area contributed by atoms with Gasteiger partial charge in [-0.15, -0.1) is 10.1 Å². The summed E-state index contributed by atoms with van der Waals surface area (Å²) >= 11 is 0. The van der Waals surface area contributed by atoms with Gasteiger partial charge in [0.15, 0.2) is 9.84 Å². The van der Waals surface area contributed by atoms with Crippen molar-refractivity contribution in [3.05, 3.63) is 44.0 Å². The Labute approximate surface area is 111 Å². The van der Waals surface area contributed by atoms with E-state index < -0.39 is 37.1 Å². The zero-order chi connectivity index (χ0) is 16.1. The Hall–Kier alpha value is -2.76. The number of carboxylic acids is 1. The fourth-order valence-corrected chi connectivity index (χ4v) is 1.71. The normalized spacial score (nSPS) is 10.1. The molecule has 20 heavy (non-hydrogen) atoms. The molecule has 0 fully saturated rings. The highest BCUT2D eigenvalue weighted by Crippen LogP contribution is 2.22. The Morgan fingerprint density at radius 1 is 1.25 bits per heavy atom. The minimum Gasteiger partial charge on any atom is -0.477 e. The topological polar surface area (TPSA) is 178 Å². The number of hydrogen-bond donors (Lipinski definition) is 2. The Morgan fingerprint density at radius 3 is 2.00 bits per heavy atom. The third-order valence-corrected chi connectivity index (χ3v) is 2.93. The molecule has 0 atom stereocenters. The number of nitrogens with zero attached hydrogens (tertiary/aromatic N) is 2. The molecule has 1 aromatic rings. The average molecular weight is 308 g/mol. The maximum atomic E-state index is 11.1. The van der Waals surface area contributed by atoms with Crippen molar-refractivity contribution in [2.75, 3.05) is 6.26 Å². The van der Waals surface area contributed by atoms with E-state index in [9.17, 15) is 23.3 Å². The molecule has 0 spiro atoms. The van der Waals surface area contributed by atoms with Crippen LogP contribution in [0, 0.1) is 20.2 Å². The fourth-order valence-electron chi connectivity index (χ4n) is 1.07. The maximum absolute atomic E-state index is 11.1. The van der Waals surface area contributed by atoms with E-state index in [0.717, 1.165) is 24.5 Å². The molecular weight excluding hydrogens is 300 g/mol. The van der Waals surface area contributed by atoms with Crippen molar-refractivity contribution in [2.45, 2.75) is 4.90 Å². The maximum Gasteiger partial charge on any atom is 0.342 e. The molecule has 2 N–H and O–H groups in total. The van der Waals surface area contributed by atoms with Crippen LogP contribution in [0.5, 0.6) is 0 Å². The molecule has 1 rings (SSSR count). The summed E-state index contributed by atoms with van der Waals surface area (Å²) in [5, 5.41) is 32.8. The number of nitro groups is 1. The second-order valence-corrected chi connectivity index (χ2v) is 5.27. The number of hydrogen-bond acceptors (Lipinski definition) is 7. The number of sulfone groups is 1. The highest BCUT2D eigenvalue weighted by molar-refractivity contribution is 7.90. The molecule has 0 unspecified atom stereocenters. The van der Waals surface area contributed by atoms with Crippen molar-refractivity contribution >= 4 is 21.5 Å². The van der Waals surface area contributed by atoms with Gasteiger partial charge in [-0.2, -0.15) is 0 Å². The monoisotopic (exact) mass is 308 g/mol. The first kappa shape index (κ1) is 17.2. The predicted octanol–water partition coefficient (Wildman–Crippen LogP) is 0.349. The third-order valence-electron chi connectivity index (χ3n) is 1.82. The Balaban J connectivity index is 0.000000796. The quantitative estimate of drug-likeness (QED) is 0.588. The van der Waals surface area contributed by atoms with E-state index in [0.29, 0.717) is 0 Å². The van der Waals surface area contributed by atoms with Crippen LogP contribution in [-0.4, -0.2) is 41.0 Å². The zero-order valence-corrected chi connectivity index (χ0v) is 10.6. The molecule has 0 saturated carbocycles. The van der Waals surface area contributed by atoms with Crippen LogP contribution in [0.4, 0.5) is 5.69 Å². The number of carbonyl (C=O) groups is 1. The first-order chi connectivity index (χ1) is 8.96. The second-order valence-electron chi connectivity index (χ2n) is 3.25. The van der Waals surface area contributed by atoms with Crippen molar-refractivity contribution in [1.29, 1.82) is 0 Å². The lowest BCUT2D eigenvalue weighted by molar-refractivity contribution is -0.742. The lowest BCUT2D eigenvalue weighted by Gasteiger charge is -2.01. The van der Waals surface area contributed by atoms with Gasteiger partial charge in [0.25, 0.3) is 10.8 Å². The number of carboxylic acid groups (broad SMARTS) is 1. The molecule has 1 aromatic carbocycles. The molecule has 0 heterocycles. The van der Waals surface area contributed by atoms with Crippen molar-refractivity contribution in [3.8, 4) is 0 Å². The van der Waals surface area contributed by atoms with Crippen molar-refractivity contribution in [1.82, 2.24) is 0 Å². The summed E-state index contributed by atoms with van der Waals surface area (Å²) in [4.78, 5) is 28.3. The molecule has 0 amide bonds. The van der Waals surface area contributed by atoms with E-state index >= 15 is 0 Å². The van der Waals surface area contributed by atoms with Gasteiger partial charge in [-0.25, -0.2) is 13.2 Å². The molecule has 11 nitrogen and oxygen atoms in total. The Kier molecular flexibility index (Phi) is 5.53. The van der Waals surface area contributed by atoms with Crippen LogP contribution in [0.15, 0.2) is 23.1 Å². The SMILES string of the molecule is CS(=O)(=O)c1ccc(C(=O)O)c([N+](=O)[O-])c1.O=[N+]([O-])O. The summed E-state index contributed by atoms with van der Waals surface area (Å²) in [6, 6.07) is 2.65. The van der Waals surface area contributed by atoms with Gasteiger partial charge in [0.05, 0.1) is 9.82 Å². The Morgan fingerprint density at radius 2 is 1.70 bits per heavy atom. The number of benzene rings is 1. The van der Waals surface area contributed by atoms with Gasteiger partial charge < -0.3 is 10.3 Å². The van der Waals surface area contributed by atoms with Crippen LogP contribution in [0.25, 0.3) is 0 Å². The fraction of sp³-hybridized carbons (Fsp3) is 0.125. The van der Waals surface area contributed by atoms with Crippen molar-refractivity contribution in [3.63, 3.8) is 0 Å². The molecule has 0 saturated heterocycles. The summed E-state index contributed by atoms with van der Waals surface area (Å²) in [6.07, 6.45) is 0.881. The van der Waals surface area contributed by atoms with E-state index in [4.69, 9.17) is 20.4 Å². The van der Waals surface area contributed by atoms with Crippen LogP contribution < -0.4 is 0 Å². The predicted molar refractivity (Wildman–Crippen MR) is 61.9 cm³/mol. The van der Waals surface area contributed by atoms with Crippen LogP contribution in [0.1, 0.15) is 10.4 Å². The molecule has 0 aromatic heterocycles.